The van der Waals surface area contributed by atoms with Crippen LogP contribution in [-0.2, 0) is 13.1 Å². The molecular formula is C24H37N2O+. The summed E-state index contributed by atoms with van der Waals surface area (Å²) in [6.07, 6.45) is 10.9. The van der Waals surface area contributed by atoms with Gasteiger partial charge in [0.05, 0.1) is 12.2 Å². The van der Waals surface area contributed by atoms with Gasteiger partial charge in [0.2, 0.25) is 0 Å². The van der Waals surface area contributed by atoms with E-state index in [1.165, 1.54) is 49.9 Å². The molecule has 1 unspecified atom stereocenters. The van der Waals surface area contributed by atoms with Crippen LogP contribution in [0.5, 0.6) is 0 Å². The third-order valence-electron chi connectivity index (χ3n) is 6.00. The number of nitrogens with zero attached hydrogens (tertiary/aromatic N) is 1. The van der Waals surface area contributed by atoms with Crippen LogP contribution in [0.4, 0.5) is 0 Å². The number of rotatable bonds is 10. The van der Waals surface area contributed by atoms with E-state index < -0.39 is 0 Å². The number of aromatic nitrogens is 1. The lowest BCUT2D eigenvalue weighted by Crippen LogP contribution is -3.12. The van der Waals surface area contributed by atoms with Crippen LogP contribution in [0.1, 0.15) is 63.1 Å². The van der Waals surface area contributed by atoms with Crippen molar-refractivity contribution < 1.29 is 10.0 Å². The molecule has 1 aromatic carbocycles. The topological polar surface area (TPSA) is 29.6 Å². The van der Waals surface area contributed by atoms with E-state index >= 15 is 0 Å². The van der Waals surface area contributed by atoms with Gasteiger partial charge < -0.3 is 14.6 Å². The molecule has 0 amide bonds. The van der Waals surface area contributed by atoms with Crippen LogP contribution in [0.15, 0.2) is 48.7 Å². The average molecular weight is 370 g/mol. The lowest BCUT2D eigenvalue weighted by molar-refractivity contribution is -0.920. The number of quaternary nitrogens is 1. The molecule has 3 heteroatoms. The zero-order valence-electron chi connectivity index (χ0n) is 16.9. The summed E-state index contributed by atoms with van der Waals surface area (Å²) in [6, 6.07) is 15.1. The Morgan fingerprint density at radius 1 is 1.07 bits per heavy atom. The molecule has 0 aliphatic heterocycles. The number of aliphatic hydroxyl groups excluding tert-OH is 1. The van der Waals surface area contributed by atoms with E-state index in [1.54, 1.807) is 4.90 Å². The number of hydrogen-bond acceptors (Lipinski definition) is 1. The van der Waals surface area contributed by atoms with E-state index in [4.69, 9.17) is 0 Å². The van der Waals surface area contributed by atoms with E-state index in [9.17, 15) is 5.11 Å². The monoisotopic (exact) mass is 369 g/mol. The van der Waals surface area contributed by atoms with E-state index in [2.05, 4.69) is 60.2 Å². The second kappa shape index (κ2) is 10.7. The van der Waals surface area contributed by atoms with Crippen molar-refractivity contribution in [2.45, 2.75) is 71.1 Å². The fourth-order valence-electron chi connectivity index (χ4n) is 4.60. The quantitative estimate of drug-likeness (QED) is 0.658. The Morgan fingerprint density at radius 3 is 2.59 bits per heavy atom. The number of benzene rings is 1. The van der Waals surface area contributed by atoms with Crippen molar-refractivity contribution in [1.82, 2.24) is 4.57 Å². The van der Waals surface area contributed by atoms with Crippen LogP contribution in [0, 0.1) is 5.92 Å². The number of nitrogens with one attached hydrogen (secondary N) is 1. The number of hydrogen-bond donors (Lipinski definition) is 2. The Labute approximate surface area is 165 Å². The van der Waals surface area contributed by atoms with E-state index in [-0.39, 0.29) is 6.10 Å². The largest absolute Gasteiger partial charge is 0.387 e. The summed E-state index contributed by atoms with van der Waals surface area (Å²) in [5.41, 5.74) is 2.73. The first kappa shape index (κ1) is 20.2. The molecule has 1 heterocycles. The van der Waals surface area contributed by atoms with Gasteiger partial charge in [0.15, 0.2) is 0 Å². The highest BCUT2D eigenvalue weighted by molar-refractivity contribution is 5.17. The first-order valence-electron chi connectivity index (χ1n) is 10.9. The molecule has 2 aromatic rings. The van der Waals surface area contributed by atoms with Crippen LogP contribution < -0.4 is 4.90 Å². The maximum Gasteiger partial charge on any atom is 0.118 e. The summed E-state index contributed by atoms with van der Waals surface area (Å²) >= 11 is 0. The third-order valence-corrected chi connectivity index (χ3v) is 6.00. The minimum absolute atomic E-state index is 0.175. The predicted molar refractivity (Wildman–Crippen MR) is 112 cm³/mol. The van der Waals surface area contributed by atoms with Gasteiger partial charge in [-0.25, -0.2) is 0 Å². The highest BCUT2D eigenvalue weighted by Gasteiger charge is 2.23. The Balaban J connectivity index is 1.66. The van der Waals surface area contributed by atoms with Crippen molar-refractivity contribution in [3.63, 3.8) is 0 Å². The van der Waals surface area contributed by atoms with Crippen LogP contribution in [-0.4, -0.2) is 28.9 Å². The Hall–Kier alpha value is -1.58. The summed E-state index contributed by atoms with van der Waals surface area (Å²) in [4.78, 5) is 1.55. The van der Waals surface area contributed by atoms with Gasteiger partial charge in [-0.05, 0) is 37.0 Å². The molecule has 0 bridgehead atoms. The molecule has 2 N–H and O–H groups in total. The van der Waals surface area contributed by atoms with E-state index in [0.717, 1.165) is 38.4 Å². The molecule has 3 rings (SSSR count). The minimum Gasteiger partial charge on any atom is -0.387 e. The molecule has 0 spiro atoms. The van der Waals surface area contributed by atoms with Gasteiger partial charge in [-0.1, -0.05) is 62.9 Å². The highest BCUT2D eigenvalue weighted by Crippen LogP contribution is 2.22. The van der Waals surface area contributed by atoms with E-state index in [0.29, 0.717) is 0 Å². The van der Waals surface area contributed by atoms with Gasteiger partial charge in [-0.2, -0.15) is 0 Å². The molecule has 1 fully saturated rings. The zero-order chi connectivity index (χ0) is 18.9. The standard InChI is InChI=1S/C24H36N2O/c1-2-10-24(27)20-25(17-21-11-5-3-6-12-21)19-23-15-9-16-26(23)18-22-13-7-4-8-14-22/h4,7-9,13-16,21,24,27H,2-3,5-6,10-12,17-20H2,1H3/p+1/t24-/m0/s1. The van der Waals surface area contributed by atoms with Crippen molar-refractivity contribution in [2.24, 2.45) is 5.92 Å². The van der Waals surface area contributed by atoms with Gasteiger partial charge in [0, 0.05) is 18.7 Å². The molecule has 148 valence electrons. The molecule has 1 aliphatic rings. The van der Waals surface area contributed by atoms with Crippen LogP contribution in [0.3, 0.4) is 0 Å². The van der Waals surface area contributed by atoms with Crippen molar-refractivity contribution in [2.75, 3.05) is 13.1 Å². The smallest absolute Gasteiger partial charge is 0.118 e. The van der Waals surface area contributed by atoms with Gasteiger partial charge in [0.1, 0.15) is 19.2 Å². The maximum atomic E-state index is 10.5. The van der Waals surface area contributed by atoms with Crippen LogP contribution >= 0.6 is 0 Å². The molecule has 0 saturated heterocycles. The molecule has 1 saturated carbocycles. The minimum atomic E-state index is -0.175. The Morgan fingerprint density at radius 2 is 1.85 bits per heavy atom. The summed E-state index contributed by atoms with van der Waals surface area (Å²) in [5.74, 6) is 0.833. The lowest BCUT2D eigenvalue weighted by atomic mass is 9.89. The Kier molecular flexibility index (Phi) is 7.97. The molecular weight excluding hydrogens is 332 g/mol. The summed E-state index contributed by atoms with van der Waals surface area (Å²) in [5, 5.41) is 10.5. The van der Waals surface area contributed by atoms with Gasteiger partial charge >= 0.3 is 0 Å². The van der Waals surface area contributed by atoms with E-state index in [1.807, 2.05) is 0 Å². The predicted octanol–water partition coefficient (Wildman–Crippen LogP) is 3.66. The lowest BCUT2D eigenvalue weighted by Gasteiger charge is -2.29. The summed E-state index contributed by atoms with van der Waals surface area (Å²) < 4.78 is 2.38. The Bertz CT molecular complexity index is 645. The van der Waals surface area contributed by atoms with Gasteiger partial charge in [-0.3, -0.25) is 0 Å². The maximum absolute atomic E-state index is 10.5. The molecule has 3 nitrogen and oxygen atoms in total. The first-order valence-corrected chi connectivity index (χ1v) is 10.9. The molecule has 2 atom stereocenters. The van der Waals surface area contributed by atoms with Crippen LogP contribution in [0.2, 0.25) is 0 Å². The normalized spacial score (nSPS) is 17.7. The average Bonchev–Trinajstić information content (AvgIpc) is 3.10. The highest BCUT2D eigenvalue weighted by atomic mass is 16.3. The molecule has 1 aliphatic carbocycles. The zero-order valence-corrected chi connectivity index (χ0v) is 16.9. The fraction of sp³-hybridized carbons (Fsp3) is 0.583. The molecule has 27 heavy (non-hydrogen) atoms. The van der Waals surface area contributed by atoms with Gasteiger partial charge in [0.25, 0.3) is 0 Å². The van der Waals surface area contributed by atoms with Crippen LogP contribution in [0.25, 0.3) is 0 Å². The molecule has 0 radical (unpaired) electrons. The second-order valence-electron chi connectivity index (χ2n) is 8.39. The first-order chi connectivity index (χ1) is 13.2. The fourth-order valence-corrected chi connectivity index (χ4v) is 4.60. The SMILES string of the molecule is CCC[C@H](O)C[NH+](Cc1cccn1Cc1ccccc1)CC1CCCCC1. The second-order valence-corrected chi connectivity index (χ2v) is 8.39. The van der Waals surface area contributed by atoms with Crippen molar-refractivity contribution in [1.29, 1.82) is 0 Å². The molecule has 1 aromatic heterocycles. The third kappa shape index (κ3) is 6.51. The van der Waals surface area contributed by atoms with Crippen molar-refractivity contribution >= 4 is 0 Å². The van der Waals surface area contributed by atoms with Gasteiger partial charge in [-0.15, -0.1) is 0 Å². The van der Waals surface area contributed by atoms with Crippen molar-refractivity contribution in [3.8, 4) is 0 Å². The van der Waals surface area contributed by atoms with Crippen molar-refractivity contribution in [3.05, 3.63) is 59.9 Å². The summed E-state index contributed by atoms with van der Waals surface area (Å²) in [6.45, 7) is 6.18. The summed E-state index contributed by atoms with van der Waals surface area (Å²) in [7, 11) is 0. The number of aliphatic hydroxyl groups is 1.